The number of aliphatic hydroxyl groups excluding tert-OH is 1. The molecule has 5 atom stereocenters. The van der Waals surface area contributed by atoms with Crippen LogP contribution in [0, 0.1) is 11.8 Å². The van der Waals surface area contributed by atoms with Gasteiger partial charge in [-0.15, -0.1) is 0 Å². The van der Waals surface area contributed by atoms with Gasteiger partial charge in [0.2, 0.25) is 17.7 Å². The molecule has 1 heterocycles. The summed E-state index contributed by atoms with van der Waals surface area (Å²) in [6.45, 7) is 7.53. The van der Waals surface area contributed by atoms with Gasteiger partial charge in [0.05, 0.1) is 24.4 Å². The van der Waals surface area contributed by atoms with E-state index in [1.54, 1.807) is 6.92 Å². The molecule has 4 amide bonds. The summed E-state index contributed by atoms with van der Waals surface area (Å²) in [5.41, 5.74) is 0.197. The zero-order chi connectivity index (χ0) is 31.4. The molecule has 1 saturated heterocycles. The van der Waals surface area contributed by atoms with Crippen LogP contribution in [0.3, 0.4) is 0 Å². The first-order valence-corrected chi connectivity index (χ1v) is 15.6. The zero-order valence-corrected chi connectivity index (χ0v) is 26.0. The number of amides is 4. The molecule has 5 N–H and O–H groups in total. The smallest absolute Gasteiger partial charge is 0.408 e. The first-order chi connectivity index (χ1) is 20.4. The number of rotatable bonds is 14. The average molecular weight is 603 g/mol. The summed E-state index contributed by atoms with van der Waals surface area (Å²) < 4.78 is 11.4. The van der Waals surface area contributed by atoms with Crippen LogP contribution in [0.2, 0.25) is 0 Å². The second kappa shape index (κ2) is 16.6. The van der Waals surface area contributed by atoms with E-state index in [-0.39, 0.29) is 31.0 Å². The largest absolute Gasteiger partial charge is 0.445 e. The number of carbonyl (C=O) groups is 4. The summed E-state index contributed by atoms with van der Waals surface area (Å²) in [6, 6.07) is 6.54. The standard InChI is InChI=1S/C32H50N4O7/c1-21(43-32(2,3)4)27(36-31(41)42-20-23-13-9-6-10-14-23)30(40)35-26(17-22-11-7-5-8-12-22)29(39)34-25(19-37)18-24-15-16-33-28(24)38/h6,9-10,13-14,21-22,24-27,37H,5,7-8,11-12,15-20H2,1-4H3,(H,33,38)(H,34,39)(H,35,40)(H,36,41)/t21-,24+,25+,26+,27+/m1/s1. The number of ether oxygens (including phenoxy) is 2. The van der Waals surface area contributed by atoms with E-state index in [0.29, 0.717) is 25.8 Å². The van der Waals surface area contributed by atoms with Crippen LogP contribution >= 0.6 is 0 Å². The fourth-order valence-electron chi connectivity index (χ4n) is 5.86. The summed E-state index contributed by atoms with van der Waals surface area (Å²) >= 11 is 0. The third-order valence-electron chi connectivity index (χ3n) is 8.00. The van der Waals surface area contributed by atoms with E-state index in [1.165, 1.54) is 0 Å². The third kappa shape index (κ3) is 11.8. The van der Waals surface area contributed by atoms with Crippen molar-refractivity contribution in [1.29, 1.82) is 0 Å². The van der Waals surface area contributed by atoms with Crippen molar-refractivity contribution in [2.75, 3.05) is 13.2 Å². The van der Waals surface area contributed by atoms with Gasteiger partial charge in [0, 0.05) is 12.5 Å². The number of benzene rings is 1. The summed E-state index contributed by atoms with van der Waals surface area (Å²) in [6.07, 6.45) is 5.07. The highest BCUT2D eigenvalue weighted by Crippen LogP contribution is 2.28. The lowest BCUT2D eigenvalue weighted by Crippen LogP contribution is -2.59. The number of alkyl carbamates (subject to hydrolysis) is 1. The maximum Gasteiger partial charge on any atom is 0.408 e. The maximum absolute atomic E-state index is 13.8. The number of nitrogens with one attached hydrogen (secondary N) is 4. The molecular formula is C32H50N4O7. The molecule has 43 heavy (non-hydrogen) atoms. The summed E-state index contributed by atoms with van der Waals surface area (Å²) in [5, 5.41) is 21.2. The Morgan fingerprint density at radius 3 is 2.28 bits per heavy atom. The minimum absolute atomic E-state index is 0.0315. The Balaban J connectivity index is 1.73. The first-order valence-electron chi connectivity index (χ1n) is 15.6. The van der Waals surface area contributed by atoms with Crippen molar-refractivity contribution in [2.24, 2.45) is 11.8 Å². The minimum atomic E-state index is -1.14. The van der Waals surface area contributed by atoms with Crippen LogP contribution in [0.1, 0.15) is 84.6 Å². The lowest BCUT2D eigenvalue weighted by Gasteiger charge is -2.32. The van der Waals surface area contributed by atoms with Gasteiger partial charge >= 0.3 is 6.09 Å². The molecule has 1 aliphatic carbocycles. The van der Waals surface area contributed by atoms with E-state index in [1.807, 2.05) is 51.1 Å². The topological polar surface area (TPSA) is 155 Å². The first kappa shape index (κ1) is 34.3. The molecule has 0 spiro atoms. The fourth-order valence-corrected chi connectivity index (χ4v) is 5.86. The molecule has 11 heteroatoms. The molecule has 1 saturated carbocycles. The van der Waals surface area contributed by atoms with Crippen LogP contribution in [0.4, 0.5) is 4.79 Å². The van der Waals surface area contributed by atoms with E-state index in [0.717, 1.165) is 37.7 Å². The lowest BCUT2D eigenvalue weighted by molar-refractivity contribution is -0.136. The fraction of sp³-hybridized carbons (Fsp3) is 0.688. The monoisotopic (exact) mass is 602 g/mol. The normalized spacial score (nSPS) is 20.3. The molecule has 1 aromatic rings. The van der Waals surface area contributed by atoms with Crippen LogP contribution in [0.15, 0.2) is 30.3 Å². The van der Waals surface area contributed by atoms with Crippen molar-refractivity contribution >= 4 is 23.8 Å². The predicted molar refractivity (Wildman–Crippen MR) is 162 cm³/mol. The van der Waals surface area contributed by atoms with Gasteiger partial charge in [-0.25, -0.2) is 4.79 Å². The Labute approximate surface area is 255 Å². The van der Waals surface area contributed by atoms with Gasteiger partial charge in [0.1, 0.15) is 18.7 Å². The Bertz CT molecular complexity index is 1060. The molecule has 2 fully saturated rings. The Kier molecular flexibility index (Phi) is 13.3. The van der Waals surface area contributed by atoms with Crippen LogP contribution in [-0.2, 0) is 30.5 Å². The third-order valence-corrected chi connectivity index (χ3v) is 8.00. The summed E-state index contributed by atoms with van der Waals surface area (Å²) in [5.74, 6) is -1.11. The Morgan fingerprint density at radius 2 is 1.67 bits per heavy atom. The molecule has 1 aromatic carbocycles. The van der Waals surface area contributed by atoms with Gasteiger partial charge in [-0.2, -0.15) is 0 Å². The highest BCUT2D eigenvalue weighted by molar-refractivity contribution is 5.91. The van der Waals surface area contributed by atoms with Crippen molar-refractivity contribution in [3.8, 4) is 0 Å². The molecule has 0 unspecified atom stereocenters. The number of hydrogen-bond acceptors (Lipinski definition) is 7. The van der Waals surface area contributed by atoms with Gasteiger partial charge in [-0.1, -0.05) is 62.4 Å². The molecule has 2 aliphatic rings. The molecule has 0 bridgehead atoms. The zero-order valence-electron chi connectivity index (χ0n) is 26.0. The molecule has 11 nitrogen and oxygen atoms in total. The Morgan fingerprint density at radius 1 is 0.977 bits per heavy atom. The summed E-state index contributed by atoms with van der Waals surface area (Å²) in [4.78, 5) is 52.3. The van der Waals surface area contributed by atoms with Crippen molar-refractivity contribution in [1.82, 2.24) is 21.3 Å². The highest BCUT2D eigenvalue weighted by Gasteiger charge is 2.36. The molecule has 0 aromatic heterocycles. The minimum Gasteiger partial charge on any atom is -0.445 e. The van der Waals surface area contributed by atoms with Gasteiger partial charge in [-0.3, -0.25) is 14.4 Å². The van der Waals surface area contributed by atoms with Crippen molar-refractivity contribution in [2.45, 2.75) is 115 Å². The van der Waals surface area contributed by atoms with E-state index >= 15 is 0 Å². The van der Waals surface area contributed by atoms with Crippen molar-refractivity contribution < 1.29 is 33.8 Å². The molecule has 240 valence electrons. The molecular weight excluding hydrogens is 552 g/mol. The van der Waals surface area contributed by atoms with Gasteiger partial charge in [-0.05, 0) is 58.4 Å². The van der Waals surface area contributed by atoms with Crippen molar-refractivity contribution in [3.63, 3.8) is 0 Å². The van der Waals surface area contributed by atoms with E-state index in [4.69, 9.17) is 9.47 Å². The van der Waals surface area contributed by atoms with Crippen LogP contribution in [0.25, 0.3) is 0 Å². The lowest BCUT2D eigenvalue weighted by atomic mass is 9.84. The second-order valence-electron chi connectivity index (χ2n) is 12.8. The number of carbonyl (C=O) groups excluding carboxylic acids is 4. The molecule has 3 rings (SSSR count). The quantitative estimate of drug-likeness (QED) is 0.219. The van der Waals surface area contributed by atoms with Gasteiger partial charge < -0.3 is 35.8 Å². The highest BCUT2D eigenvalue weighted by atomic mass is 16.6. The summed E-state index contributed by atoms with van der Waals surface area (Å²) in [7, 11) is 0. The number of aliphatic hydroxyl groups is 1. The number of hydrogen-bond donors (Lipinski definition) is 5. The van der Waals surface area contributed by atoms with Crippen LogP contribution < -0.4 is 21.3 Å². The van der Waals surface area contributed by atoms with E-state index in [2.05, 4.69) is 21.3 Å². The molecule has 0 radical (unpaired) electrons. The predicted octanol–water partition coefficient (Wildman–Crippen LogP) is 2.94. The van der Waals surface area contributed by atoms with E-state index in [9.17, 15) is 24.3 Å². The van der Waals surface area contributed by atoms with Crippen LogP contribution in [-0.4, -0.2) is 71.9 Å². The van der Waals surface area contributed by atoms with E-state index < -0.39 is 47.7 Å². The molecule has 1 aliphatic heterocycles. The Hall–Kier alpha value is -3.18. The maximum atomic E-state index is 13.8. The SMILES string of the molecule is C[C@@H](OC(C)(C)C)[C@H](NC(=O)OCc1ccccc1)C(=O)N[C@@H](CC1CCCCC1)C(=O)N[C@H](CO)C[C@@H]1CCNC1=O. The average Bonchev–Trinajstić information content (AvgIpc) is 3.37. The van der Waals surface area contributed by atoms with Gasteiger partial charge in [0.25, 0.3) is 0 Å². The van der Waals surface area contributed by atoms with Crippen molar-refractivity contribution in [3.05, 3.63) is 35.9 Å². The van der Waals surface area contributed by atoms with Gasteiger partial charge in [0.15, 0.2) is 0 Å². The van der Waals surface area contributed by atoms with Crippen LogP contribution in [0.5, 0.6) is 0 Å². The second-order valence-corrected chi connectivity index (χ2v) is 12.8.